The van der Waals surface area contributed by atoms with E-state index in [1.54, 1.807) is 24.3 Å². The van der Waals surface area contributed by atoms with Crippen molar-refractivity contribution < 1.29 is 18.7 Å². The zero-order valence-electron chi connectivity index (χ0n) is 9.94. The molecule has 0 unspecified atom stereocenters. The van der Waals surface area contributed by atoms with Gasteiger partial charge >= 0.3 is 6.09 Å². The molecule has 1 atom stereocenters. The van der Waals surface area contributed by atoms with Gasteiger partial charge in [-0.3, -0.25) is 4.90 Å². The molecule has 0 bridgehead atoms. The second-order valence-electron chi connectivity index (χ2n) is 4.52. The summed E-state index contributed by atoms with van der Waals surface area (Å²) in [6, 6.07) is 6.07. The van der Waals surface area contributed by atoms with Crippen LogP contribution in [-0.2, 0) is 0 Å². The Labute approximate surface area is 114 Å². The van der Waals surface area contributed by atoms with Gasteiger partial charge in [-0.1, -0.05) is 17.7 Å². The molecule has 1 heterocycles. The van der Waals surface area contributed by atoms with Crippen LogP contribution < -0.4 is 5.32 Å². The van der Waals surface area contributed by atoms with Gasteiger partial charge in [0.15, 0.2) is 0 Å². The third-order valence-electron chi connectivity index (χ3n) is 2.99. The minimum absolute atomic E-state index is 0.127. The quantitative estimate of drug-likeness (QED) is 0.899. The lowest BCUT2D eigenvalue weighted by Gasteiger charge is -2.21. The number of alkyl halides is 2. The van der Waals surface area contributed by atoms with E-state index in [4.69, 9.17) is 16.7 Å². The first-order chi connectivity index (χ1) is 8.87. The highest BCUT2D eigenvalue weighted by atomic mass is 35.5. The van der Waals surface area contributed by atoms with Gasteiger partial charge in [0.05, 0.1) is 12.6 Å². The monoisotopic (exact) mass is 290 g/mol. The summed E-state index contributed by atoms with van der Waals surface area (Å²) >= 11 is 5.80. The van der Waals surface area contributed by atoms with Crippen LogP contribution in [0.3, 0.4) is 0 Å². The second kappa shape index (κ2) is 5.21. The summed E-state index contributed by atoms with van der Waals surface area (Å²) in [6.07, 6.45) is -1.79. The van der Waals surface area contributed by atoms with E-state index >= 15 is 0 Å². The smallest absolute Gasteiger partial charge is 0.407 e. The summed E-state index contributed by atoms with van der Waals surface area (Å²) in [6.45, 7) is -0.619. The van der Waals surface area contributed by atoms with E-state index in [1.807, 2.05) is 0 Å². The van der Waals surface area contributed by atoms with Gasteiger partial charge in [-0.2, -0.15) is 0 Å². The Kier molecular flexibility index (Phi) is 3.80. The van der Waals surface area contributed by atoms with Gasteiger partial charge in [0.2, 0.25) is 0 Å². The average molecular weight is 291 g/mol. The van der Waals surface area contributed by atoms with Gasteiger partial charge in [0.25, 0.3) is 5.92 Å². The number of anilines is 1. The van der Waals surface area contributed by atoms with Gasteiger partial charge in [-0.15, -0.1) is 0 Å². The number of amides is 1. The van der Waals surface area contributed by atoms with E-state index in [1.165, 1.54) is 0 Å². The zero-order chi connectivity index (χ0) is 14.0. The highest BCUT2D eigenvalue weighted by molar-refractivity contribution is 6.30. The van der Waals surface area contributed by atoms with Crippen molar-refractivity contribution in [2.75, 3.05) is 18.4 Å². The largest absolute Gasteiger partial charge is 0.465 e. The van der Waals surface area contributed by atoms with E-state index in [0.717, 1.165) is 4.90 Å². The fourth-order valence-corrected chi connectivity index (χ4v) is 2.33. The van der Waals surface area contributed by atoms with Crippen molar-refractivity contribution in [2.24, 2.45) is 0 Å². The molecule has 2 rings (SSSR count). The predicted octanol–water partition coefficient (Wildman–Crippen LogP) is 3.14. The number of nitrogens with one attached hydrogen (secondary N) is 1. The van der Waals surface area contributed by atoms with Gasteiger partial charge in [0, 0.05) is 23.7 Å². The Bertz CT molecular complexity index is 485. The third kappa shape index (κ3) is 3.47. The number of hydrogen-bond donors (Lipinski definition) is 2. The van der Waals surface area contributed by atoms with E-state index < -0.39 is 31.0 Å². The highest BCUT2D eigenvalue weighted by Gasteiger charge is 2.46. The van der Waals surface area contributed by atoms with E-state index in [-0.39, 0.29) is 6.54 Å². The Morgan fingerprint density at radius 3 is 2.95 bits per heavy atom. The van der Waals surface area contributed by atoms with Gasteiger partial charge in [-0.25, -0.2) is 13.6 Å². The normalized spacial score (nSPS) is 21.4. The molecule has 7 heteroatoms. The molecular formula is C12H13ClF2N2O2. The predicted molar refractivity (Wildman–Crippen MR) is 68.0 cm³/mol. The standard InChI is InChI=1S/C12H13ClF2N2O2/c13-8-2-1-3-9(4-8)16-6-10-5-12(14,15)7-17(10)11(18)19/h1-4,10,16H,5-7H2,(H,18,19)/t10-/m0/s1. The molecule has 4 nitrogen and oxygen atoms in total. The molecule has 1 aromatic rings. The number of carbonyl (C=O) groups is 1. The molecule has 0 radical (unpaired) electrons. The molecule has 0 aromatic heterocycles. The highest BCUT2D eigenvalue weighted by Crippen LogP contribution is 2.32. The zero-order valence-corrected chi connectivity index (χ0v) is 10.7. The molecular weight excluding hydrogens is 278 g/mol. The summed E-state index contributed by atoms with van der Waals surface area (Å²) < 4.78 is 26.5. The Morgan fingerprint density at radius 2 is 2.32 bits per heavy atom. The number of benzene rings is 1. The van der Waals surface area contributed by atoms with Crippen LogP contribution in [0.2, 0.25) is 5.02 Å². The van der Waals surface area contributed by atoms with Crippen LogP contribution >= 0.6 is 11.6 Å². The number of nitrogens with zero attached hydrogens (tertiary/aromatic N) is 1. The van der Waals surface area contributed by atoms with Gasteiger partial charge < -0.3 is 10.4 Å². The summed E-state index contributed by atoms with van der Waals surface area (Å²) in [5.41, 5.74) is 0.674. The molecule has 1 fully saturated rings. The first-order valence-electron chi connectivity index (χ1n) is 5.74. The molecule has 1 aromatic carbocycles. The van der Waals surface area contributed by atoms with Crippen molar-refractivity contribution >= 4 is 23.4 Å². The molecule has 0 spiro atoms. The number of likely N-dealkylation sites (tertiary alicyclic amines) is 1. The second-order valence-corrected chi connectivity index (χ2v) is 4.95. The van der Waals surface area contributed by atoms with E-state index in [9.17, 15) is 13.6 Å². The lowest BCUT2D eigenvalue weighted by molar-refractivity contribution is 0.0127. The summed E-state index contributed by atoms with van der Waals surface area (Å²) in [7, 11) is 0. The Morgan fingerprint density at radius 1 is 1.58 bits per heavy atom. The lowest BCUT2D eigenvalue weighted by atomic mass is 10.2. The minimum atomic E-state index is -2.96. The summed E-state index contributed by atoms with van der Waals surface area (Å²) in [5, 5.41) is 12.4. The van der Waals surface area contributed by atoms with Crippen molar-refractivity contribution in [3.63, 3.8) is 0 Å². The number of hydrogen-bond acceptors (Lipinski definition) is 2. The van der Waals surface area contributed by atoms with Crippen LogP contribution in [0.15, 0.2) is 24.3 Å². The average Bonchev–Trinajstić information content (AvgIpc) is 2.62. The molecule has 1 amide bonds. The topological polar surface area (TPSA) is 52.6 Å². The van der Waals surface area contributed by atoms with Crippen LogP contribution in [0.1, 0.15) is 6.42 Å². The Hall–Kier alpha value is -1.56. The van der Waals surface area contributed by atoms with Crippen LogP contribution in [0.25, 0.3) is 0 Å². The summed E-state index contributed by atoms with van der Waals surface area (Å²) in [4.78, 5) is 11.7. The molecule has 1 saturated heterocycles. The third-order valence-corrected chi connectivity index (χ3v) is 3.22. The summed E-state index contributed by atoms with van der Waals surface area (Å²) in [5.74, 6) is -2.96. The van der Waals surface area contributed by atoms with Crippen LogP contribution in [-0.4, -0.2) is 41.2 Å². The fraction of sp³-hybridized carbons (Fsp3) is 0.417. The van der Waals surface area contributed by atoms with Crippen molar-refractivity contribution in [3.8, 4) is 0 Å². The first kappa shape index (κ1) is 13.9. The van der Waals surface area contributed by atoms with E-state index in [0.29, 0.717) is 10.7 Å². The SMILES string of the molecule is O=C(O)N1CC(F)(F)C[C@H]1CNc1cccc(Cl)c1. The maximum absolute atomic E-state index is 13.2. The number of carboxylic acid groups (broad SMARTS) is 1. The van der Waals surface area contributed by atoms with Crippen molar-refractivity contribution in [1.29, 1.82) is 0 Å². The molecule has 1 aliphatic rings. The molecule has 0 saturated carbocycles. The molecule has 2 N–H and O–H groups in total. The number of rotatable bonds is 3. The Balaban J connectivity index is 2.00. The molecule has 0 aliphatic carbocycles. The maximum Gasteiger partial charge on any atom is 0.407 e. The van der Waals surface area contributed by atoms with Crippen molar-refractivity contribution in [1.82, 2.24) is 4.90 Å². The van der Waals surface area contributed by atoms with Crippen LogP contribution in [0, 0.1) is 0 Å². The van der Waals surface area contributed by atoms with Crippen molar-refractivity contribution in [2.45, 2.75) is 18.4 Å². The van der Waals surface area contributed by atoms with Crippen LogP contribution in [0.4, 0.5) is 19.3 Å². The number of halogens is 3. The first-order valence-corrected chi connectivity index (χ1v) is 6.12. The molecule has 19 heavy (non-hydrogen) atoms. The molecule has 104 valence electrons. The van der Waals surface area contributed by atoms with Gasteiger partial charge in [-0.05, 0) is 18.2 Å². The van der Waals surface area contributed by atoms with Crippen LogP contribution in [0.5, 0.6) is 0 Å². The lowest BCUT2D eigenvalue weighted by Crippen LogP contribution is -2.39. The van der Waals surface area contributed by atoms with Crippen molar-refractivity contribution in [3.05, 3.63) is 29.3 Å². The molecule has 1 aliphatic heterocycles. The van der Waals surface area contributed by atoms with E-state index in [2.05, 4.69) is 5.32 Å². The minimum Gasteiger partial charge on any atom is -0.465 e. The maximum atomic E-state index is 13.2. The fourth-order valence-electron chi connectivity index (χ4n) is 2.14. The van der Waals surface area contributed by atoms with Gasteiger partial charge in [0.1, 0.15) is 0 Å².